The van der Waals surface area contributed by atoms with E-state index < -0.39 is 10.0 Å². The third kappa shape index (κ3) is 7.13. The molecule has 0 aliphatic heterocycles. The first-order chi connectivity index (χ1) is 13.8. The monoisotopic (exact) mass is 546 g/mol. The van der Waals surface area contributed by atoms with E-state index in [-0.39, 0.29) is 28.9 Å². The molecule has 0 amide bonds. The van der Waals surface area contributed by atoms with Gasteiger partial charge >= 0.3 is 0 Å². The molecule has 0 aliphatic carbocycles. The Labute approximate surface area is 197 Å². The molecule has 9 heteroatoms. The minimum atomic E-state index is -3.41. The number of ether oxygens (including phenoxy) is 1. The molecule has 0 fully saturated rings. The van der Waals surface area contributed by atoms with Gasteiger partial charge in [0.15, 0.2) is 5.96 Å². The van der Waals surface area contributed by atoms with Crippen molar-refractivity contribution >= 4 is 40.0 Å². The molecule has 30 heavy (non-hydrogen) atoms. The zero-order chi connectivity index (χ0) is 21.4. The Balaban J connectivity index is 0.00000450. The summed E-state index contributed by atoms with van der Waals surface area (Å²) in [5.41, 5.74) is 2.12. The predicted octanol–water partition coefficient (Wildman–Crippen LogP) is 3.16. The van der Waals surface area contributed by atoms with Crippen LogP contribution in [-0.2, 0) is 23.1 Å². The van der Waals surface area contributed by atoms with Crippen LogP contribution in [-0.4, -0.2) is 58.4 Å². The van der Waals surface area contributed by atoms with Gasteiger partial charge in [-0.2, -0.15) is 0 Å². The van der Waals surface area contributed by atoms with E-state index in [9.17, 15) is 8.42 Å². The highest BCUT2D eigenvalue weighted by atomic mass is 127. The predicted molar refractivity (Wildman–Crippen MR) is 132 cm³/mol. The van der Waals surface area contributed by atoms with Gasteiger partial charge in [-0.1, -0.05) is 24.3 Å². The third-order valence-corrected chi connectivity index (χ3v) is 6.21. The summed E-state index contributed by atoms with van der Waals surface area (Å²) in [5.74, 6) is 1.62. The molecule has 7 nitrogen and oxygen atoms in total. The highest BCUT2D eigenvalue weighted by Crippen LogP contribution is 2.15. The summed E-state index contributed by atoms with van der Waals surface area (Å²) in [6, 6.07) is 14.9. The van der Waals surface area contributed by atoms with E-state index in [1.54, 1.807) is 19.2 Å². The van der Waals surface area contributed by atoms with Crippen molar-refractivity contribution in [3.05, 3.63) is 59.7 Å². The molecule has 0 aromatic heterocycles. The van der Waals surface area contributed by atoms with Gasteiger partial charge in [-0.15, -0.1) is 24.0 Å². The molecule has 0 bridgehead atoms. The third-order valence-electron chi connectivity index (χ3n) is 4.38. The van der Waals surface area contributed by atoms with Gasteiger partial charge in [-0.3, -0.25) is 4.99 Å². The number of guanidine groups is 1. The number of hydrogen-bond acceptors (Lipinski definition) is 4. The molecule has 166 valence electrons. The zero-order valence-corrected chi connectivity index (χ0v) is 21.3. The second-order valence-electron chi connectivity index (χ2n) is 6.77. The minimum Gasteiger partial charge on any atom is -0.494 e. The molecule has 1 N–H and O–H groups in total. The van der Waals surface area contributed by atoms with Gasteiger partial charge < -0.3 is 15.0 Å². The summed E-state index contributed by atoms with van der Waals surface area (Å²) >= 11 is 0. The molecule has 2 aromatic rings. The molecule has 2 aromatic carbocycles. The first-order valence-corrected chi connectivity index (χ1v) is 10.9. The molecule has 0 radical (unpaired) electrons. The van der Waals surface area contributed by atoms with E-state index in [1.807, 2.05) is 55.3 Å². The second kappa shape index (κ2) is 12.1. The summed E-state index contributed by atoms with van der Waals surface area (Å²) in [6.07, 6.45) is 0. The number of nitrogens with one attached hydrogen (secondary N) is 1. The van der Waals surface area contributed by atoms with E-state index in [0.717, 1.165) is 22.8 Å². The highest BCUT2D eigenvalue weighted by Gasteiger charge is 2.16. The number of nitrogens with zero attached hydrogens (tertiary/aromatic N) is 3. The smallest absolute Gasteiger partial charge is 0.242 e. The van der Waals surface area contributed by atoms with E-state index in [1.165, 1.54) is 18.4 Å². The largest absolute Gasteiger partial charge is 0.494 e. The summed E-state index contributed by atoms with van der Waals surface area (Å²) in [4.78, 5) is 6.64. The van der Waals surface area contributed by atoms with Crippen LogP contribution in [0.15, 0.2) is 58.4 Å². The fourth-order valence-corrected chi connectivity index (χ4v) is 3.66. The van der Waals surface area contributed by atoms with Gasteiger partial charge in [0, 0.05) is 41.3 Å². The Morgan fingerprint density at radius 3 is 2.07 bits per heavy atom. The van der Waals surface area contributed by atoms with Gasteiger partial charge in [-0.05, 0) is 42.3 Å². The van der Waals surface area contributed by atoms with E-state index in [2.05, 4.69) is 10.3 Å². The fraction of sp³-hybridized carbons (Fsp3) is 0.381. The fourth-order valence-electron chi connectivity index (χ4n) is 2.76. The zero-order valence-electron chi connectivity index (χ0n) is 18.1. The van der Waals surface area contributed by atoms with Crippen molar-refractivity contribution in [3.8, 4) is 5.75 Å². The average molecular weight is 546 g/mol. The van der Waals surface area contributed by atoms with Crippen LogP contribution in [0, 0.1) is 0 Å². The molecule has 0 atom stereocenters. The summed E-state index contributed by atoms with van der Waals surface area (Å²) in [7, 11) is 3.34. The summed E-state index contributed by atoms with van der Waals surface area (Å²) in [5, 5.41) is 3.31. The standard InChI is InChI=1S/C21H30N4O3S.HI/c1-6-28-19-11-7-18(8-12-19)16-25(5)21(22-2)23-15-17-9-13-20(14-10-17)29(26,27)24(3)4;/h7-14H,6,15-16H2,1-5H3,(H,22,23);1H. The maximum Gasteiger partial charge on any atom is 0.242 e. The number of halogens is 1. The van der Waals surface area contributed by atoms with Crippen molar-refractivity contribution in [2.75, 3.05) is 34.8 Å². The lowest BCUT2D eigenvalue weighted by atomic mass is 10.2. The number of sulfonamides is 1. The Kier molecular flexibility index (Phi) is 10.6. The molecular formula is C21H31IN4O3S. The number of benzene rings is 2. The molecule has 0 aliphatic rings. The van der Waals surface area contributed by atoms with Crippen LogP contribution in [0.3, 0.4) is 0 Å². The van der Waals surface area contributed by atoms with Crippen molar-refractivity contribution in [1.29, 1.82) is 0 Å². The SMILES string of the molecule is CCOc1ccc(CN(C)C(=NC)NCc2ccc(S(=O)(=O)N(C)C)cc2)cc1.I. The van der Waals surface area contributed by atoms with Gasteiger partial charge in [0.2, 0.25) is 10.0 Å². The van der Waals surface area contributed by atoms with Crippen LogP contribution >= 0.6 is 24.0 Å². The maximum atomic E-state index is 12.2. The molecular weight excluding hydrogens is 515 g/mol. The van der Waals surface area contributed by atoms with Crippen LogP contribution in [0.1, 0.15) is 18.1 Å². The molecule has 0 heterocycles. The van der Waals surface area contributed by atoms with Crippen LogP contribution in [0.5, 0.6) is 5.75 Å². The minimum absolute atomic E-state index is 0. The van der Waals surface area contributed by atoms with Crippen molar-refractivity contribution < 1.29 is 13.2 Å². The Morgan fingerprint density at radius 1 is 1.00 bits per heavy atom. The molecule has 0 spiro atoms. The van der Waals surface area contributed by atoms with Crippen LogP contribution < -0.4 is 10.1 Å². The topological polar surface area (TPSA) is 74.2 Å². The second-order valence-corrected chi connectivity index (χ2v) is 8.92. The van der Waals surface area contributed by atoms with E-state index in [4.69, 9.17) is 4.74 Å². The van der Waals surface area contributed by atoms with Crippen LogP contribution in [0.2, 0.25) is 0 Å². The Morgan fingerprint density at radius 2 is 1.57 bits per heavy atom. The molecule has 0 saturated carbocycles. The number of aliphatic imine (C=N–C) groups is 1. The van der Waals surface area contributed by atoms with Crippen molar-refractivity contribution in [3.63, 3.8) is 0 Å². The van der Waals surface area contributed by atoms with E-state index in [0.29, 0.717) is 19.7 Å². The highest BCUT2D eigenvalue weighted by molar-refractivity contribution is 14.0. The van der Waals surface area contributed by atoms with Gasteiger partial charge in [0.1, 0.15) is 5.75 Å². The van der Waals surface area contributed by atoms with Crippen LogP contribution in [0.25, 0.3) is 0 Å². The molecule has 0 saturated heterocycles. The quantitative estimate of drug-likeness (QED) is 0.313. The maximum absolute atomic E-state index is 12.2. The molecule has 0 unspecified atom stereocenters. The lowest BCUT2D eigenvalue weighted by Crippen LogP contribution is -2.38. The lowest BCUT2D eigenvalue weighted by Gasteiger charge is -2.22. The van der Waals surface area contributed by atoms with Gasteiger partial charge in [0.25, 0.3) is 0 Å². The first-order valence-electron chi connectivity index (χ1n) is 9.43. The lowest BCUT2D eigenvalue weighted by molar-refractivity contribution is 0.340. The van der Waals surface area contributed by atoms with E-state index >= 15 is 0 Å². The number of hydrogen-bond donors (Lipinski definition) is 1. The summed E-state index contributed by atoms with van der Waals surface area (Å²) < 4.78 is 31.0. The Hall–Kier alpha value is -1.85. The van der Waals surface area contributed by atoms with Crippen molar-refractivity contribution in [2.24, 2.45) is 4.99 Å². The molecule has 2 rings (SSSR count). The number of rotatable bonds is 8. The average Bonchev–Trinajstić information content (AvgIpc) is 2.70. The first kappa shape index (κ1) is 26.2. The van der Waals surface area contributed by atoms with Crippen LogP contribution in [0.4, 0.5) is 0 Å². The summed E-state index contributed by atoms with van der Waals surface area (Å²) in [6.45, 7) is 3.86. The Bertz CT molecular complexity index is 914. The van der Waals surface area contributed by atoms with Gasteiger partial charge in [-0.25, -0.2) is 12.7 Å². The van der Waals surface area contributed by atoms with Crippen molar-refractivity contribution in [2.45, 2.75) is 24.9 Å². The normalized spacial score (nSPS) is 11.7. The van der Waals surface area contributed by atoms with Crippen molar-refractivity contribution in [1.82, 2.24) is 14.5 Å². The van der Waals surface area contributed by atoms with Gasteiger partial charge in [0.05, 0.1) is 11.5 Å².